The first-order valence-corrected chi connectivity index (χ1v) is 10.2. The lowest BCUT2D eigenvalue weighted by atomic mass is 9.87. The van der Waals surface area contributed by atoms with Gasteiger partial charge in [-0.25, -0.2) is 9.18 Å². The fraction of sp³-hybridized carbons (Fsp3) is 0.208. The Labute approximate surface area is 185 Å². The molecule has 0 radical (unpaired) electrons. The minimum atomic E-state index is -0.614. The molecule has 2 amide bonds. The molecule has 0 aromatic heterocycles. The van der Waals surface area contributed by atoms with Crippen LogP contribution in [0.25, 0.3) is 0 Å². The third-order valence-electron chi connectivity index (χ3n) is 5.43. The van der Waals surface area contributed by atoms with Crippen molar-refractivity contribution in [1.29, 1.82) is 0 Å². The molecule has 0 saturated carbocycles. The second-order valence-electron chi connectivity index (χ2n) is 7.21. The van der Waals surface area contributed by atoms with Crippen molar-refractivity contribution in [2.75, 3.05) is 26.1 Å². The first-order chi connectivity index (χ1) is 15.0. The lowest BCUT2D eigenvalue weighted by molar-refractivity contribution is 0.192. The quantitative estimate of drug-likeness (QED) is 0.568. The van der Waals surface area contributed by atoms with Gasteiger partial charge in [-0.05, 0) is 60.0 Å². The van der Waals surface area contributed by atoms with Crippen LogP contribution in [0.1, 0.15) is 22.7 Å². The lowest BCUT2D eigenvalue weighted by Crippen LogP contribution is -2.43. The van der Waals surface area contributed by atoms with Crippen LogP contribution in [0.15, 0.2) is 60.7 Å². The van der Waals surface area contributed by atoms with E-state index >= 15 is 0 Å². The van der Waals surface area contributed by atoms with Gasteiger partial charge in [0.05, 0.1) is 20.3 Å². The summed E-state index contributed by atoms with van der Waals surface area (Å²) < 4.78 is 25.8. The fourth-order valence-corrected chi connectivity index (χ4v) is 4.05. The SMILES string of the molecule is COc1cc2c(cc1OC)[C@@H](c1ccccc1F)N(C(=O)Nc1ccc(Cl)cc1)CC2. The van der Waals surface area contributed by atoms with Crippen LogP contribution in [0.2, 0.25) is 5.02 Å². The van der Waals surface area contributed by atoms with Gasteiger partial charge in [0.15, 0.2) is 11.5 Å². The van der Waals surface area contributed by atoms with Gasteiger partial charge in [-0.1, -0.05) is 29.8 Å². The molecule has 0 saturated heterocycles. The summed E-state index contributed by atoms with van der Waals surface area (Å²) in [5.74, 6) is 0.759. The largest absolute Gasteiger partial charge is 0.493 e. The van der Waals surface area contributed by atoms with Crippen molar-refractivity contribution in [1.82, 2.24) is 4.90 Å². The van der Waals surface area contributed by atoms with E-state index < -0.39 is 6.04 Å². The van der Waals surface area contributed by atoms with Crippen molar-refractivity contribution in [2.24, 2.45) is 0 Å². The van der Waals surface area contributed by atoms with Crippen molar-refractivity contribution >= 4 is 23.3 Å². The van der Waals surface area contributed by atoms with E-state index in [1.54, 1.807) is 61.6 Å². The standard InChI is InChI=1S/C24H22ClFN2O3/c1-30-21-13-15-11-12-28(24(29)27-17-9-7-16(25)8-10-17)23(19(15)14-22(21)31-2)18-5-3-4-6-20(18)26/h3-10,13-14,23H,11-12H2,1-2H3,(H,27,29)/t23-/m1/s1. The van der Waals surface area contributed by atoms with Crippen LogP contribution in [-0.4, -0.2) is 31.7 Å². The zero-order chi connectivity index (χ0) is 22.0. The highest BCUT2D eigenvalue weighted by molar-refractivity contribution is 6.30. The summed E-state index contributed by atoms with van der Waals surface area (Å²) in [6, 6.07) is 16.2. The van der Waals surface area contributed by atoms with Gasteiger partial charge < -0.3 is 19.7 Å². The van der Waals surface area contributed by atoms with Crippen LogP contribution in [-0.2, 0) is 6.42 Å². The molecule has 3 aromatic rings. The van der Waals surface area contributed by atoms with Crippen molar-refractivity contribution in [2.45, 2.75) is 12.5 Å². The van der Waals surface area contributed by atoms with Gasteiger partial charge >= 0.3 is 6.03 Å². The monoisotopic (exact) mass is 440 g/mol. The molecular formula is C24H22ClFN2O3. The molecule has 0 unspecified atom stereocenters. The van der Waals surface area contributed by atoms with Gasteiger partial charge in [0.2, 0.25) is 0 Å². The van der Waals surface area contributed by atoms with Crippen LogP contribution in [0.3, 0.4) is 0 Å². The molecule has 4 rings (SSSR count). The Kier molecular flexibility index (Phi) is 6.00. The number of ether oxygens (including phenoxy) is 2. The number of hydrogen-bond donors (Lipinski definition) is 1. The van der Waals surface area contributed by atoms with Crippen molar-refractivity contribution < 1.29 is 18.7 Å². The molecule has 5 nitrogen and oxygen atoms in total. The Morgan fingerprint density at radius 3 is 2.39 bits per heavy atom. The van der Waals surface area contributed by atoms with Crippen LogP contribution >= 0.6 is 11.6 Å². The number of nitrogens with zero attached hydrogens (tertiary/aromatic N) is 1. The second-order valence-corrected chi connectivity index (χ2v) is 7.65. The molecule has 1 aliphatic heterocycles. The summed E-state index contributed by atoms with van der Waals surface area (Å²) in [7, 11) is 3.13. The number of hydrogen-bond acceptors (Lipinski definition) is 3. The molecule has 3 aromatic carbocycles. The third-order valence-corrected chi connectivity index (χ3v) is 5.68. The Balaban J connectivity index is 1.78. The normalized spacial score (nSPS) is 15.2. The molecule has 0 aliphatic carbocycles. The first kappa shape index (κ1) is 21.0. The van der Waals surface area contributed by atoms with Gasteiger partial charge in [-0.2, -0.15) is 0 Å². The van der Waals surface area contributed by atoms with Gasteiger partial charge in [-0.15, -0.1) is 0 Å². The van der Waals surface area contributed by atoms with E-state index in [0.717, 1.165) is 11.1 Å². The summed E-state index contributed by atoms with van der Waals surface area (Å²) in [4.78, 5) is 14.9. The molecule has 1 atom stereocenters. The molecule has 0 fully saturated rings. The number of halogens is 2. The van der Waals surface area contributed by atoms with Crippen LogP contribution < -0.4 is 14.8 Å². The van der Waals surface area contributed by atoms with Crippen LogP contribution in [0.5, 0.6) is 11.5 Å². The second kappa shape index (κ2) is 8.86. The number of amides is 2. The Bertz CT molecular complexity index is 1100. The number of anilines is 1. The average Bonchev–Trinajstić information content (AvgIpc) is 2.79. The maximum Gasteiger partial charge on any atom is 0.322 e. The van der Waals surface area contributed by atoms with Crippen molar-refractivity contribution in [3.8, 4) is 11.5 Å². The van der Waals surface area contributed by atoms with Crippen molar-refractivity contribution in [3.63, 3.8) is 0 Å². The Morgan fingerprint density at radius 1 is 1.03 bits per heavy atom. The zero-order valence-corrected chi connectivity index (χ0v) is 17.9. The first-order valence-electron chi connectivity index (χ1n) is 9.84. The summed E-state index contributed by atoms with van der Waals surface area (Å²) in [6.07, 6.45) is 0.606. The van der Waals surface area contributed by atoms with E-state index in [9.17, 15) is 9.18 Å². The summed E-state index contributed by atoms with van der Waals surface area (Å²) in [5, 5.41) is 3.47. The molecule has 1 N–H and O–H groups in total. The number of fused-ring (bicyclic) bond motifs is 1. The minimum absolute atomic E-state index is 0.323. The lowest BCUT2D eigenvalue weighted by Gasteiger charge is -2.38. The van der Waals surface area contributed by atoms with E-state index in [1.807, 2.05) is 12.1 Å². The number of methoxy groups -OCH3 is 2. The predicted octanol–water partition coefficient (Wildman–Crippen LogP) is 5.68. The minimum Gasteiger partial charge on any atom is -0.493 e. The fourth-order valence-electron chi connectivity index (χ4n) is 3.93. The maximum atomic E-state index is 14.9. The summed E-state index contributed by atoms with van der Waals surface area (Å²) >= 11 is 5.94. The summed E-state index contributed by atoms with van der Waals surface area (Å²) in [6.45, 7) is 0.418. The molecule has 31 heavy (non-hydrogen) atoms. The topological polar surface area (TPSA) is 50.8 Å². The molecule has 0 spiro atoms. The van der Waals surface area contributed by atoms with Gasteiger partial charge in [0.25, 0.3) is 0 Å². The summed E-state index contributed by atoms with van der Waals surface area (Å²) in [5.41, 5.74) is 2.82. The number of nitrogens with one attached hydrogen (secondary N) is 1. The van der Waals surface area contributed by atoms with E-state index in [2.05, 4.69) is 5.32 Å². The van der Waals surface area contributed by atoms with Crippen LogP contribution in [0.4, 0.5) is 14.9 Å². The van der Waals surface area contributed by atoms with Gasteiger partial charge in [0, 0.05) is 22.8 Å². The smallest absolute Gasteiger partial charge is 0.322 e. The molecule has 160 valence electrons. The van der Waals surface area contributed by atoms with Crippen molar-refractivity contribution in [3.05, 3.63) is 88.2 Å². The van der Waals surface area contributed by atoms with E-state index in [0.29, 0.717) is 40.7 Å². The van der Waals surface area contributed by atoms with Gasteiger partial charge in [-0.3, -0.25) is 0 Å². The number of carbonyl (C=O) groups is 1. The third kappa shape index (κ3) is 4.16. The number of benzene rings is 3. The number of urea groups is 1. The predicted molar refractivity (Wildman–Crippen MR) is 119 cm³/mol. The van der Waals surface area contributed by atoms with Gasteiger partial charge in [0.1, 0.15) is 5.82 Å². The zero-order valence-electron chi connectivity index (χ0n) is 17.2. The Hall–Kier alpha value is -3.25. The number of carbonyl (C=O) groups excluding carboxylic acids is 1. The molecule has 0 bridgehead atoms. The molecule has 1 heterocycles. The highest BCUT2D eigenvalue weighted by atomic mass is 35.5. The molecular weight excluding hydrogens is 419 g/mol. The van der Waals surface area contributed by atoms with E-state index in [-0.39, 0.29) is 11.8 Å². The number of rotatable bonds is 4. The Morgan fingerprint density at radius 2 is 1.71 bits per heavy atom. The maximum absolute atomic E-state index is 14.9. The highest BCUT2D eigenvalue weighted by Gasteiger charge is 2.35. The molecule has 7 heteroatoms. The average molecular weight is 441 g/mol. The molecule has 1 aliphatic rings. The van der Waals surface area contributed by atoms with E-state index in [4.69, 9.17) is 21.1 Å². The van der Waals surface area contributed by atoms with Crippen LogP contribution in [0, 0.1) is 5.82 Å². The van der Waals surface area contributed by atoms with E-state index in [1.165, 1.54) is 6.07 Å². The highest BCUT2D eigenvalue weighted by Crippen LogP contribution is 2.41.